The highest BCUT2D eigenvalue weighted by Crippen LogP contribution is 2.35. The van der Waals surface area contributed by atoms with Crippen LogP contribution in [0.2, 0.25) is 0 Å². The fourth-order valence-electron chi connectivity index (χ4n) is 5.17. The number of carbonyl (C=O) groups is 2. The highest BCUT2D eigenvalue weighted by Gasteiger charge is 2.36. The summed E-state index contributed by atoms with van der Waals surface area (Å²) in [5.41, 5.74) is 2.77. The average Bonchev–Trinajstić information content (AvgIpc) is 3.54. The molecule has 2 aliphatic heterocycles. The van der Waals surface area contributed by atoms with E-state index in [2.05, 4.69) is 16.0 Å². The Labute approximate surface area is 216 Å². The second kappa shape index (κ2) is 10.5. The van der Waals surface area contributed by atoms with Crippen LogP contribution in [0.25, 0.3) is 0 Å². The third-order valence-electron chi connectivity index (χ3n) is 6.94. The molecule has 0 saturated carbocycles. The molecule has 1 aromatic heterocycles. The number of carbonyl (C=O) groups excluding carboxylic acids is 2. The molecule has 2 aliphatic rings. The molecule has 1 saturated heterocycles. The van der Waals surface area contributed by atoms with Crippen molar-refractivity contribution in [1.82, 2.24) is 14.8 Å². The Morgan fingerprint density at radius 1 is 1.03 bits per heavy atom. The number of methoxy groups -OCH3 is 2. The van der Waals surface area contributed by atoms with Crippen LogP contribution in [0.3, 0.4) is 0 Å². The summed E-state index contributed by atoms with van der Waals surface area (Å²) in [5, 5.41) is 3.12. The molecule has 194 valence electrons. The van der Waals surface area contributed by atoms with Crippen molar-refractivity contribution in [3.63, 3.8) is 0 Å². The molecule has 3 aromatic rings. The lowest BCUT2D eigenvalue weighted by molar-refractivity contribution is -0.117. The van der Waals surface area contributed by atoms with Crippen LogP contribution in [0.15, 0.2) is 60.8 Å². The Kier molecular flexibility index (Phi) is 6.94. The van der Waals surface area contributed by atoms with Gasteiger partial charge >= 0.3 is 6.03 Å². The quantitative estimate of drug-likeness (QED) is 0.529. The second-order valence-electron chi connectivity index (χ2n) is 9.12. The van der Waals surface area contributed by atoms with E-state index in [0.29, 0.717) is 43.4 Å². The number of benzene rings is 2. The van der Waals surface area contributed by atoms with E-state index in [0.717, 1.165) is 17.0 Å². The fraction of sp³-hybridized carbons (Fsp3) is 0.357. The molecule has 37 heavy (non-hydrogen) atoms. The van der Waals surface area contributed by atoms with Gasteiger partial charge in [-0.1, -0.05) is 12.1 Å². The van der Waals surface area contributed by atoms with Crippen LogP contribution in [0, 0.1) is 0 Å². The zero-order valence-corrected chi connectivity index (χ0v) is 21.3. The monoisotopic (exact) mass is 504 g/mol. The zero-order valence-electron chi connectivity index (χ0n) is 21.3. The van der Waals surface area contributed by atoms with E-state index in [-0.39, 0.29) is 30.4 Å². The smallest absolute Gasteiger partial charge is 0.318 e. The number of rotatable bonds is 7. The number of amides is 3. The number of aromatic nitrogens is 1. The molecule has 2 unspecified atom stereocenters. The van der Waals surface area contributed by atoms with Crippen LogP contribution in [0.4, 0.5) is 10.5 Å². The number of fused-ring (bicyclic) bond motifs is 1. The number of ether oxygens (including phenoxy) is 3. The summed E-state index contributed by atoms with van der Waals surface area (Å²) in [4.78, 5) is 30.0. The van der Waals surface area contributed by atoms with Gasteiger partial charge in [0.2, 0.25) is 5.91 Å². The molecule has 0 radical (unpaired) electrons. The van der Waals surface area contributed by atoms with Gasteiger partial charge in [0.05, 0.1) is 32.9 Å². The first kappa shape index (κ1) is 24.5. The summed E-state index contributed by atoms with van der Waals surface area (Å²) in [6.45, 7) is 4.21. The van der Waals surface area contributed by atoms with Gasteiger partial charge in [0.25, 0.3) is 0 Å². The van der Waals surface area contributed by atoms with E-state index >= 15 is 0 Å². The highest BCUT2D eigenvalue weighted by atomic mass is 16.5. The molecule has 5 rings (SSSR count). The standard InChI is InChI=1S/C28H32N4O5/c1-4-37-22-10-7-19(8-11-22)27-23-6-5-13-30(23)14-15-31(27)28(34)29-20-16-26(33)32(18-20)21-9-12-24(35-2)25(17-21)36-3/h5-13,17,20,27H,4,14-16,18H2,1-3H3,(H,29,34). The fourth-order valence-corrected chi connectivity index (χ4v) is 5.17. The lowest BCUT2D eigenvalue weighted by Gasteiger charge is -2.38. The molecule has 1 N–H and O–H groups in total. The lowest BCUT2D eigenvalue weighted by atomic mass is 10.00. The summed E-state index contributed by atoms with van der Waals surface area (Å²) in [6.07, 6.45) is 2.28. The van der Waals surface area contributed by atoms with Gasteiger partial charge < -0.3 is 33.9 Å². The lowest BCUT2D eigenvalue weighted by Crippen LogP contribution is -2.50. The van der Waals surface area contributed by atoms with Gasteiger partial charge in [0, 0.05) is 49.7 Å². The van der Waals surface area contributed by atoms with Gasteiger partial charge in [-0.25, -0.2) is 4.79 Å². The molecule has 1 fully saturated rings. The second-order valence-corrected chi connectivity index (χ2v) is 9.12. The molecule has 0 aliphatic carbocycles. The van der Waals surface area contributed by atoms with Crippen LogP contribution < -0.4 is 24.4 Å². The van der Waals surface area contributed by atoms with E-state index in [9.17, 15) is 9.59 Å². The predicted octanol–water partition coefficient (Wildman–Crippen LogP) is 3.82. The van der Waals surface area contributed by atoms with Crippen molar-refractivity contribution in [2.75, 3.05) is 38.8 Å². The summed E-state index contributed by atoms with van der Waals surface area (Å²) in [7, 11) is 3.13. The van der Waals surface area contributed by atoms with Crippen LogP contribution >= 0.6 is 0 Å². The third kappa shape index (κ3) is 4.81. The van der Waals surface area contributed by atoms with Crippen LogP contribution in [0.5, 0.6) is 17.2 Å². The van der Waals surface area contributed by atoms with Crippen LogP contribution in [-0.2, 0) is 11.3 Å². The summed E-state index contributed by atoms with van der Waals surface area (Å²) < 4.78 is 18.5. The van der Waals surface area contributed by atoms with Crippen molar-refractivity contribution in [3.8, 4) is 17.2 Å². The van der Waals surface area contributed by atoms with Crippen molar-refractivity contribution >= 4 is 17.6 Å². The zero-order chi connectivity index (χ0) is 25.9. The maximum absolute atomic E-state index is 13.6. The Bertz CT molecular complexity index is 1270. The molecular weight excluding hydrogens is 472 g/mol. The number of nitrogens with zero attached hydrogens (tertiary/aromatic N) is 3. The SMILES string of the molecule is CCOc1ccc(C2c3cccn3CCN2C(=O)NC2CC(=O)N(c3ccc(OC)c(OC)c3)C2)cc1. The summed E-state index contributed by atoms with van der Waals surface area (Å²) >= 11 is 0. The molecule has 3 amide bonds. The van der Waals surface area contributed by atoms with E-state index < -0.39 is 0 Å². The van der Waals surface area contributed by atoms with Gasteiger partial charge in [-0.15, -0.1) is 0 Å². The van der Waals surface area contributed by atoms with E-state index in [4.69, 9.17) is 14.2 Å². The van der Waals surface area contributed by atoms with E-state index in [1.807, 2.05) is 54.4 Å². The first-order valence-corrected chi connectivity index (χ1v) is 12.5. The van der Waals surface area contributed by atoms with Gasteiger partial charge in [0.1, 0.15) is 5.75 Å². The highest BCUT2D eigenvalue weighted by molar-refractivity contribution is 5.97. The van der Waals surface area contributed by atoms with Gasteiger partial charge in [-0.3, -0.25) is 4.79 Å². The number of anilines is 1. The van der Waals surface area contributed by atoms with Crippen LogP contribution in [-0.4, -0.2) is 61.4 Å². The average molecular weight is 505 g/mol. The van der Waals surface area contributed by atoms with Crippen molar-refractivity contribution < 1.29 is 23.8 Å². The van der Waals surface area contributed by atoms with Gasteiger partial charge in [-0.05, 0) is 48.9 Å². The van der Waals surface area contributed by atoms with Crippen molar-refractivity contribution in [2.45, 2.75) is 32.0 Å². The Morgan fingerprint density at radius 2 is 1.81 bits per heavy atom. The Balaban J connectivity index is 1.33. The number of nitrogens with one attached hydrogen (secondary N) is 1. The van der Waals surface area contributed by atoms with Gasteiger partial charge in [0.15, 0.2) is 11.5 Å². The van der Waals surface area contributed by atoms with Crippen molar-refractivity contribution in [1.29, 1.82) is 0 Å². The number of hydrogen-bond donors (Lipinski definition) is 1. The third-order valence-corrected chi connectivity index (χ3v) is 6.94. The van der Waals surface area contributed by atoms with Crippen molar-refractivity contribution in [3.05, 3.63) is 72.1 Å². The van der Waals surface area contributed by atoms with E-state index in [1.165, 1.54) is 0 Å². The molecule has 9 nitrogen and oxygen atoms in total. The maximum atomic E-state index is 13.6. The molecule has 2 aromatic carbocycles. The van der Waals surface area contributed by atoms with Crippen molar-refractivity contribution in [2.24, 2.45) is 0 Å². The minimum atomic E-state index is -0.303. The largest absolute Gasteiger partial charge is 0.494 e. The Hall–Kier alpha value is -4.14. The number of hydrogen-bond acceptors (Lipinski definition) is 5. The van der Waals surface area contributed by atoms with Crippen LogP contribution in [0.1, 0.15) is 30.6 Å². The molecule has 2 atom stereocenters. The maximum Gasteiger partial charge on any atom is 0.318 e. The first-order valence-electron chi connectivity index (χ1n) is 12.5. The molecule has 3 heterocycles. The summed E-state index contributed by atoms with van der Waals surface area (Å²) in [6, 6.07) is 16.6. The number of urea groups is 1. The summed E-state index contributed by atoms with van der Waals surface area (Å²) in [5.74, 6) is 1.90. The van der Waals surface area contributed by atoms with E-state index in [1.54, 1.807) is 31.3 Å². The minimum absolute atomic E-state index is 0.0481. The molecular formula is C28H32N4O5. The molecule has 0 bridgehead atoms. The normalized spacial score (nSPS) is 18.9. The van der Waals surface area contributed by atoms with Gasteiger partial charge in [-0.2, -0.15) is 0 Å². The Morgan fingerprint density at radius 3 is 2.54 bits per heavy atom. The minimum Gasteiger partial charge on any atom is -0.494 e. The predicted molar refractivity (Wildman–Crippen MR) is 139 cm³/mol. The molecule has 9 heteroatoms. The topological polar surface area (TPSA) is 85.3 Å². The first-order chi connectivity index (χ1) is 18.0. The molecule has 0 spiro atoms.